The third kappa shape index (κ3) is 7.02. The molecule has 1 amide bonds. The Kier molecular flexibility index (Phi) is 10.4. The van der Waals surface area contributed by atoms with E-state index in [0.29, 0.717) is 17.2 Å². The van der Waals surface area contributed by atoms with E-state index < -0.39 is 0 Å². The second kappa shape index (κ2) is 10.9. The monoisotopic (exact) mass is 391 g/mol. The van der Waals surface area contributed by atoms with E-state index in [2.05, 4.69) is 4.90 Å². The maximum atomic E-state index is 12.6. The molecule has 1 unspecified atom stereocenters. The van der Waals surface area contributed by atoms with E-state index in [1.165, 1.54) is 0 Å². The molecule has 1 heterocycles. The molecule has 144 valence electrons. The number of rotatable bonds is 5. The van der Waals surface area contributed by atoms with Gasteiger partial charge in [-0.1, -0.05) is 6.07 Å². The van der Waals surface area contributed by atoms with Crippen LogP contribution in [0.15, 0.2) is 18.2 Å². The number of carbonyl (C=O) groups is 1. The van der Waals surface area contributed by atoms with Crippen LogP contribution in [0.3, 0.4) is 0 Å². The number of likely N-dealkylation sites (tertiary alicyclic amines) is 1. The Morgan fingerprint density at radius 2 is 1.96 bits per heavy atom. The number of anilines is 1. The van der Waals surface area contributed by atoms with Gasteiger partial charge < -0.3 is 20.6 Å². The summed E-state index contributed by atoms with van der Waals surface area (Å²) in [5.41, 5.74) is 8.09. The number of hydrogen-bond acceptors (Lipinski definition) is 4. The number of aryl methyl sites for hydroxylation is 1. The van der Waals surface area contributed by atoms with Crippen molar-refractivity contribution in [2.24, 2.45) is 5.92 Å². The predicted molar refractivity (Wildman–Crippen MR) is 108 cm³/mol. The van der Waals surface area contributed by atoms with E-state index in [0.717, 1.165) is 44.6 Å². The van der Waals surface area contributed by atoms with Crippen molar-refractivity contribution in [3.8, 4) is 0 Å². The highest BCUT2D eigenvalue weighted by atomic mass is 35.5. The number of aliphatic hydroxyl groups excluding tert-OH is 1. The van der Waals surface area contributed by atoms with Gasteiger partial charge in [0.1, 0.15) is 0 Å². The van der Waals surface area contributed by atoms with Crippen molar-refractivity contribution < 1.29 is 9.90 Å². The Balaban J connectivity index is 0.00000288. The second-order valence-electron chi connectivity index (χ2n) is 6.85. The van der Waals surface area contributed by atoms with Gasteiger partial charge in [0.15, 0.2) is 0 Å². The van der Waals surface area contributed by atoms with Crippen LogP contribution in [0.1, 0.15) is 35.7 Å². The second-order valence-corrected chi connectivity index (χ2v) is 6.85. The first-order chi connectivity index (χ1) is 10.9. The van der Waals surface area contributed by atoms with Gasteiger partial charge in [0.25, 0.3) is 5.91 Å². The molecule has 0 saturated carbocycles. The Hall–Kier alpha value is -1.01. The number of benzene rings is 1. The molecule has 1 aliphatic heterocycles. The maximum absolute atomic E-state index is 12.6. The number of nitrogens with two attached hydrogens (primary N) is 1. The normalized spacial score (nSPS) is 16.5. The number of aliphatic hydroxyl groups is 1. The lowest BCUT2D eigenvalue weighted by molar-refractivity contribution is 0.0702. The van der Waals surface area contributed by atoms with Crippen molar-refractivity contribution in [3.05, 3.63) is 29.3 Å². The van der Waals surface area contributed by atoms with E-state index in [1.54, 1.807) is 6.07 Å². The Morgan fingerprint density at radius 3 is 2.52 bits per heavy atom. The number of amides is 1. The summed E-state index contributed by atoms with van der Waals surface area (Å²) in [6.45, 7) is 7.27. The molecule has 1 aromatic carbocycles. The van der Waals surface area contributed by atoms with Gasteiger partial charge in [0.05, 0.1) is 6.10 Å². The Morgan fingerprint density at radius 1 is 1.36 bits per heavy atom. The minimum absolute atomic E-state index is 0. The van der Waals surface area contributed by atoms with E-state index in [1.807, 2.05) is 37.9 Å². The SMILES string of the molecule is Cc1ccc(N)cc1C(=O)N(C)CC1CCN(CC(C)O)CC1.Cl.Cl. The molecule has 5 nitrogen and oxygen atoms in total. The molecule has 3 N–H and O–H groups in total. The number of nitrogen functional groups attached to an aromatic ring is 1. The Bertz CT molecular complexity index is 547. The van der Waals surface area contributed by atoms with Crippen LogP contribution in [-0.4, -0.2) is 60.1 Å². The van der Waals surface area contributed by atoms with Crippen LogP contribution in [0, 0.1) is 12.8 Å². The number of β-amino-alcohol motifs (C(OH)–C–C–N with tert-alkyl or cyclic N) is 1. The summed E-state index contributed by atoms with van der Waals surface area (Å²) in [6.07, 6.45) is 1.86. The first kappa shape index (κ1) is 24.0. The van der Waals surface area contributed by atoms with Crippen LogP contribution in [0.2, 0.25) is 0 Å². The average molecular weight is 392 g/mol. The fourth-order valence-corrected chi connectivity index (χ4v) is 3.27. The summed E-state index contributed by atoms with van der Waals surface area (Å²) in [5.74, 6) is 0.566. The lowest BCUT2D eigenvalue weighted by Crippen LogP contribution is -2.41. The lowest BCUT2D eigenvalue weighted by atomic mass is 9.95. The summed E-state index contributed by atoms with van der Waals surface area (Å²) in [6, 6.07) is 5.48. The molecule has 1 atom stereocenters. The van der Waals surface area contributed by atoms with Crippen LogP contribution >= 0.6 is 24.8 Å². The van der Waals surface area contributed by atoms with Crippen molar-refractivity contribution in [2.45, 2.75) is 32.8 Å². The highest BCUT2D eigenvalue weighted by molar-refractivity contribution is 5.96. The van der Waals surface area contributed by atoms with Gasteiger partial charge in [-0.15, -0.1) is 24.8 Å². The van der Waals surface area contributed by atoms with Crippen molar-refractivity contribution in [3.63, 3.8) is 0 Å². The summed E-state index contributed by atoms with van der Waals surface area (Å²) in [4.78, 5) is 16.7. The first-order valence-electron chi connectivity index (χ1n) is 8.39. The standard InChI is InChI=1S/C18H29N3O2.2ClH/c1-13-4-5-16(19)10-17(13)18(23)20(3)12-15-6-8-21(9-7-15)11-14(2)22;;/h4-5,10,14-15,22H,6-9,11-12,19H2,1-3H3;2*1H. The van der Waals surface area contributed by atoms with Gasteiger partial charge in [-0.2, -0.15) is 0 Å². The zero-order chi connectivity index (χ0) is 17.0. The molecular formula is C18H31Cl2N3O2. The highest BCUT2D eigenvalue weighted by Gasteiger charge is 2.23. The molecule has 2 rings (SSSR count). The molecule has 25 heavy (non-hydrogen) atoms. The molecule has 0 radical (unpaired) electrons. The predicted octanol–water partition coefficient (Wildman–Crippen LogP) is 2.59. The van der Waals surface area contributed by atoms with Gasteiger partial charge in [-0.05, 0) is 63.4 Å². The van der Waals surface area contributed by atoms with Crippen LogP contribution in [0.5, 0.6) is 0 Å². The number of hydrogen-bond donors (Lipinski definition) is 2. The summed E-state index contributed by atoms with van der Waals surface area (Å²) in [5, 5.41) is 9.46. The maximum Gasteiger partial charge on any atom is 0.253 e. The number of carbonyl (C=O) groups excluding carboxylic acids is 1. The molecule has 0 aliphatic carbocycles. The number of piperidine rings is 1. The molecule has 7 heteroatoms. The van der Waals surface area contributed by atoms with E-state index in [9.17, 15) is 9.90 Å². The minimum Gasteiger partial charge on any atom is -0.399 e. The van der Waals surface area contributed by atoms with Crippen molar-refractivity contribution >= 4 is 36.4 Å². The van der Waals surface area contributed by atoms with Gasteiger partial charge in [-0.3, -0.25) is 4.79 Å². The Labute approximate surface area is 163 Å². The van der Waals surface area contributed by atoms with Crippen molar-refractivity contribution in [2.75, 3.05) is 39.0 Å². The number of halogens is 2. The quantitative estimate of drug-likeness (QED) is 0.756. The zero-order valence-electron chi connectivity index (χ0n) is 15.3. The molecule has 0 bridgehead atoms. The minimum atomic E-state index is -0.276. The van der Waals surface area contributed by atoms with E-state index in [-0.39, 0.29) is 36.8 Å². The van der Waals surface area contributed by atoms with E-state index in [4.69, 9.17) is 5.73 Å². The van der Waals surface area contributed by atoms with Crippen LogP contribution < -0.4 is 5.73 Å². The summed E-state index contributed by atoms with van der Waals surface area (Å²) in [7, 11) is 1.87. The van der Waals surface area contributed by atoms with Crippen molar-refractivity contribution in [1.82, 2.24) is 9.80 Å². The van der Waals surface area contributed by atoms with Crippen molar-refractivity contribution in [1.29, 1.82) is 0 Å². The van der Waals surface area contributed by atoms with Gasteiger partial charge in [-0.25, -0.2) is 0 Å². The fraction of sp³-hybridized carbons (Fsp3) is 0.611. The molecular weight excluding hydrogens is 361 g/mol. The third-order valence-electron chi connectivity index (χ3n) is 4.60. The molecule has 0 spiro atoms. The van der Waals surface area contributed by atoms with Gasteiger partial charge >= 0.3 is 0 Å². The van der Waals surface area contributed by atoms with Gasteiger partial charge in [0, 0.05) is 31.4 Å². The van der Waals surface area contributed by atoms with Crippen LogP contribution in [0.4, 0.5) is 5.69 Å². The molecule has 1 aromatic rings. The van der Waals surface area contributed by atoms with Crippen LogP contribution in [-0.2, 0) is 0 Å². The first-order valence-corrected chi connectivity index (χ1v) is 8.39. The lowest BCUT2D eigenvalue weighted by Gasteiger charge is -2.34. The molecule has 1 fully saturated rings. The number of nitrogens with zero attached hydrogens (tertiary/aromatic N) is 2. The van der Waals surface area contributed by atoms with E-state index >= 15 is 0 Å². The molecule has 1 aliphatic rings. The summed E-state index contributed by atoms with van der Waals surface area (Å²) < 4.78 is 0. The molecule has 0 aromatic heterocycles. The fourth-order valence-electron chi connectivity index (χ4n) is 3.27. The van der Waals surface area contributed by atoms with Gasteiger partial charge in [0.2, 0.25) is 0 Å². The highest BCUT2D eigenvalue weighted by Crippen LogP contribution is 2.20. The summed E-state index contributed by atoms with van der Waals surface area (Å²) >= 11 is 0. The third-order valence-corrected chi connectivity index (χ3v) is 4.60. The smallest absolute Gasteiger partial charge is 0.253 e. The zero-order valence-corrected chi connectivity index (χ0v) is 16.9. The topological polar surface area (TPSA) is 69.8 Å². The van der Waals surface area contributed by atoms with Crippen LogP contribution in [0.25, 0.3) is 0 Å². The largest absolute Gasteiger partial charge is 0.399 e. The average Bonchev–Trinajstić information content (AvgIpc) is 2.50. The molecule has 1 saturated heterocycles.